The predicted octanol–water partition coefficient (Wildman–Crippen LogP) is 9.30. The number of nitro groups is 1. The second-order valence-electron chi connectivity index (χ2n) is 19.6. The summed E-state index contributed by atoms with van der Waals surface area (Å²) in [5.74, 6) is 3.22. The Kier molecular flexibility index (Phi) is 14.4. The second-order valence-corrected chi connectivity index (χ2v) is 19.6. The monoisotopic (exact) mass is 1030 g/mol. The molecule has 11 rings (SSSR count). The van der Waals surface area contributed by atoms with Gasteiger partial charge in [-0.05, 0) is 126 Å². The van der Waals surface area contributed by atoms with Crippen molar-refractivity contribution in [3.05, 3.63) is 207 Å². The van der Waals surface area contributed by atoms with Gasteiger partial charge in [0.1, 0.15) is 36.5 Å². The minimum atomic E-state index is -2.11. The minimum absolute atomic E-state index is 0.0147. The number of ether oxygens (including phenoxy) is 4. The van der Waals surface area contributed by atoms with Crippen molar-refractivity contribution in [1.82, 2.24) is 4.90 Å². The van der Waals surface area contributed by atoms with Crippen molar-refractivity contribution < 1.29 is 48.2 Å². The van der Waals surface area contributed by atoms with Crippen LogP contribution in [0.25, 0.3) is 0 Å². The average Bonchev–Trinajstić information content (AvgIpc) is 4.14. The van der Waals surface area contributed by atoms with Crippen molar-refractivity contribution in [2.24, 2.45) is 5.92 Å². The van der Waals surface area contributed by atoms with Crippen molar-refractivity contribution in [2.75, 3.05) is 54.6 Å². The number of amides is 3. The summed E-state index contributed by atoms with van der Waals surface area (Å²) < 4.78 is 24.0. The van der Waals surface area contributed by atoms with Crippen LogP contribution in [0.1, 0.15) is 77.3 Å². The van der Waals surface area contributed by atoms with E-state index in [4.69, 9.17) is 18.9 Å². The van der Waals surface area contributed by atoms with Gasteiger partial charge < -0.3 is 34.3 Å². The van der Waals surface area contributed by atoms with Crippen LogP contribution in [-0.2, 0) is 40.6 Å². The zero-order valence-corrected chi connectivity index (χ0v) is 42.0. The third-order valence-electron chi connectivity index (χ3n) is 15.2. The SMILES string of the molecule is O=C1OC(c2ccccc2)C(c2ccccc2)N2C1C(C(=O)Nc1ccc(N3CCOCC3)cc1)C1(C(=O)N(C(=O)OCc3ccc([N+](=O)[O-])cc3)c3ccc(C#CC4=CCCCC4)cc31)C2c1ccc(OCCO)cc1. The molecule has 390 valence electrons. The number of cyclic esters (lactones) is 1. The molecular weight excluding hydrogens is 979 g/mol. The van der Waals surface area contributed by atoms with E-state index in [0.717, 1.165) is 47.4 Å². The van der Waals surface area contributed by atoms with E-state index in [9.17, 15) is 15.2 Å². The predicted molar refractivity (Wildman–Crippen MR) is 286 cm³/mol. The number of hydrogen-bond acceptors (Lipinski definition) is 13. The quantitative estimate of drug-likeness (QED) is 0.0511. The van der Waals surface area contributed by atoms with Gasteiger partial charge in [-0.25, -0.2) is 9.69 Å². The normalized spacial score (nSPS) is 22.7. The summed E-state index contributed by atoms with van der Waals surface area (Å²) in [7, 11) is 0. The van der Waals surface area contributed by atoms with E-state index in [1.807, 2.05) is 77.7 Å². The maximum absolute atomic E-state index is 16.8. The molecule has 0 aromatic heterocycles. The molecule has 16 heteroatoms. The fourth-order valence-corrected chi connectivity index (χ4v) is 11.7. The summed E-state index contributed by atoms with van der Waals surface area (Å²) in [5.41, 5.74) is 3.25. The molecular formula is C61H55N5O11. The van der Waals surface area contributed by atoms with Crippen molar-refractivity contribution in [2.45, 2.75) is 61.9 Å². The van der Waals surface area contributed by atoms with Gasteiger partial charge in [0, 0.05) is 42.2 Å². The number of aliphatic hydroxyl groups excluding tert-OH is 1. The van der Waals surface area contributed by atoms with Gasteiger partial charge in [-0.3, -0.25) is 29.4 Å². The van der Waals surface area contributed by atoms with Crippen LogP contribution >= 0.6 is 0 Å². The number of esters is 1. The number of nitrogens with zero attached hydrogens (tertiary/aromatic N) is 4. The van der Waals surface area contributed by atoms with E-state index in [2.05, 4.69) is 28.1 Å². The number of allylic oxidation sites excluding steroid dienone is 2. The Bertz CT molecular complexity index is 3280. The molecule has 6 aromatic carbocycles. The number of nitrogens with one attached hydrogen (secondary N) is 1. The van der Waals surface area contributed by atoms with E-state index in [0.29, 0.717) is 60.0 Å². The highest BCUT2D eigenvalue weighted by Crippen LogP contribution is 2.66. The van der Waals surface area contributed by atoms with E-state index < -0.39 is 64.4 Å². The summed E-state index contributed by atoms with van der Waals surface area (Å²) in [6, 6.07) is 40.3. The summed E-state index contributed by atoms with van der Waals surface area (Å²) in [4.78, 5) is 79.6. The summed E-state index contributed by atoms with van der Waals surface area (Å²) in [6.45, 7) is 1.95. The maximum Gasteiger partial charge on any atom is 0.421 e. The fraction of sp³-hybridized carbons (Fsp3) is 0.279. The molecule has 3 fully saturated rings. The molecule has 0 radical (unpaired) electrons. The molecule has 2 N–H and O–H groups in total. The number of carbonyl (C=O) groups is 4. The number of carbonyl (C=O) groups excluding carboxylic acids is 4. The van der Waals surface area contributed by atoms with Crippen molar-refractivity contribution in [1.29, 1.82) is 0 Å². The largest absolute Gasteiger partial charge is 0.491 e. The van der Waals surface area contributed by atoms with E-state index >= 15 is 19.2 Å². The van der Waals surface area contributed by atoms with Crippen LogP contribution in [0.5, 0.6) is 5.75 Å². The van der Waals surface area contributed by atoms with Crippen molar-refractivity contribution in [3.8, 4) is 17.6 Å². The second kappa shape index (κ2) is 21.9. The molecule has 1 spiro atoms. The Balaban J connectivity index is 1.14. The lowest BCUT2D eigenvalue weighted by Gasteiger charge is -2.46. The Labute approximate surface area is 444 Å². The Morgan fingerprint density at radius 2 is 1.52 bits per heavy atom. The zero-order valence-electron chi connectivity index (χ0n) is 42.0. The first kappa shape index (κ1) is 50.5. The Morgan fingerprint density at radius 1 is 0.805 bits per heavy atom. The number of non-ortho nitro benzene ring substituents is 1. The van der Waals surface area contributed by atoms with E-state index in [-0.39, 0.29) is 36.8 Å². The van der Waals surface area contributed by atoms with E-state index in [1.165, 1.54) is 24.3 Å². The fourth-order valence-electron chi connectivity index (χ4n) is 11.7. The number of rotatable bonds is 12. The molecule has 3 amide bonds. The van der Waals surface area contributed by atoms with Crippen LogP contribution < -0.4 is 19.9 Å². The molecule has 0 saturated carbocycles. The van der Waals surface area contributed by atoms with Gasteiger partial charge in [-0.2, -0.15) is 0 Å². The van der Waals surface area contributed by atoms with Crippen LogP contribution in [0, 0.1) is 27.9 Å². The number of aliphatic hydroxyl groups is 1. The minimum Gasteiger partial charge on any atom is -0.491 e. The zero-order chi connectivity index (χ0) is 53.0. The maximum atomic E-state index is 16.8. The molecule has 77 heavy (non-hydrogen) atoms. The molecule has 1 aliphatic carbocycles. The highest BCUT2D eigenvalue weighted by molar-refractivity contribution is 6.24. The highest BCUT2D eigenvalue weighted by Gasteiger charge is 2.76. The number of imide groups is 1. The Hall–Kier alpha value is -8.62. The van der Waals surface area contributed by atoms with Crippen LogP contribution in [0.15, 0.2) is 163 Å². The van der Waals surface area contributed by atoms with E-state index in [1.54, 1.807) is 54.6 Å². The molecule has 4 heterocycles. The lowest BCUT2D eigenvalue weighted by molar-refractivity contribution is -0.384. The molecule has 0 bridgehead atoms. The van der Waals surface area contributed by atoms with Crippen LogP contribution in [-0.4, -0.2) is 84.4 Å². The van der Waals surface area contributed by atoms with Crippen LogP contribution in [0.2, 0.25) is 0 Å². The van der Waals surface area contributed by atoms with Crippen LogP contribution in [0.3, 0.4) is 0 Å². The molecule has 3 saturated heterocycles. The lowest BCUT2D eigenvalue weighted by Crippen LogP contribution is -2.54. The number of benzene rings is 6. The first-order valence-corrected chi connectivity index (χ1v) is 25.9. The number of fused-ring (bicyclic) bond motifs is 3. The van der Waals surface area contributed by atoms with Gasteiger partial charge in [0.25, 0.3) is 5.69 Å². The number of nitro benzene ring substituents is 1. The summed E-state index contributed by atoms with van der Waals surface area (Å²) >= 11 is 0. The van der Waals surface area contributed by atoms with Gasteiger partial charge in [-0.1, -0.05) is 90.7 Å². The van der Waals surface area contributed by atoms with Gasteiger partial charge in [-0.15, -0.1) is 0 Å². The lowest BCUT2D eigenvalue weighted by atomic mass is 9.65. The molecule has 6 atom stereocenters. The first-order chi connectivity index (χ1) is 37.6. The standard InChI is InChI=1S/C61H55N5O11/c67-34-37-75-49-29-21-45(22-30-49)56-61(50-38-41(17-16-40-10-4-1-5-11-40)20-31-51(50)64(59(61)70)60(71)76-39-42-18-25-48(26-19-42)66(72)73)52(57(68)62-46-23-27-47(28-24-46)63-32-35-74-36-33-63)54-58(69)77-55(44-14-8-3-9-15-44)53(65(54)56)43-12-6-2-7-13-43/h2-3,6-10,12-15,18-31,38,52-56,67H,1,4-5,11,32-37,39H2,(H,62,68). The van der Waals surface area contributed by atoms with Gasteiger partial charge in [0.05, 0.1) is 48.4 Å². The number of hydrogen-bond donors (Lipinski definition) is 2. The molecule has 5 aliphatic rings. The third kappa shape index (κ3) is 9.69. The van der Waals surface area contributed by atoms with Crippen molar-refractivity contribution in [3.63, 3.8) is 0 Å². The van der Waals surface area contributed by atoms with Crippen molar-refractivity contribution >= 4 is 46.6 Å². The summed E-state index contributed by atoms with van der Waals surface area (Å²) in [6.07, 6.45) is 3.88. The molecule has 6 aromatic rings. The average molecular weight is 1030 g/mol. The molecule has 4 aliphatic heterocycles. The van der Waals surface area contributed by atoms with Crippen LogP contribution in [0.4, 0.5) is 27.5 Å². The number of morpholine rings is 2. The summed E-state index contributed by atoms with van der Waals surface area (Å²) in [5, 5.41) is 24.3. The van der Waals surface area contributed by atoms with Gasteiger partial charge in [0.15, 0.2) is 0 Å². The first-order valence-electron chi connectivity index (χ1n) is 25.9. The van der Waals surface area contributed by atoms with Gasteiger partial charge >= 0.3 is 12.1 Å². The van der Waals surface area contributed by atoms with Gasteiger partial charge in [0.2, 0.25) is 11.8 Å². The number of anilines is 3. The highest BCUT2D eigenvalue weighted by atomic mass is 16.6. The molecule has 6 unspecified atom stereocenters. The topological polar surface area (TPSA) is 190 Å². The smallest absolute Gasteiger partial charge is 0.421 e. The molecule has 16 nitrogen and oxygen atoms in total. The Morgan fingerprint density at radius 3 is 2.19 bits per heavy atom. The third-order valence-corrected chi connectivity index (χ3v) is 15.2.